The summed E-state index contributed by atoms with van der Waals surface area (Å²) in [5, 5.41) is 14.0. The monoisotopic (exact) mass is 454 g/mol. The topological polar surface area (TPSA) is 35.5 Å². The lowest BCUT2D eigenvalue weighted by molar-refractivity contribution is 0.00574. The minimum Gasteiger partial charge on any atom is -0.396 e. The Bertz CT molecular complexity index is 517. The van der Waals surface area contributed by atoms with Crippen LogP contribution in [-0.4, -0.2) is 54.2 Å². The first kappa shape index (κ1) is 25.8. The zero-order valence-electron chi connectivity index (χ0n) is 20.9. The van der Waals surface area contributed by atoms with Gasteiger partial charge in [-0.15, -0.1) is 11.6 Å². The number of nitrogens with one attached hydrogen (secondary N) is 1. The van der Waals surface area contributed by atoms with Crippen molar-refractivity contribution in [2.45, 2.75) is 103 Å². The Morgan fingerprint density at radius 1 is 1.03 bits per heavy atom. The number of hydrogen-bond acceptors (Lipinski definition) is 3. The quantitative estimate of drug-likeness (QED) is 0.423. The number of likely N-dealkylation sites (tertiary alicyclic amines) is 1. The number of hydrogen-bond donors (Lipinski definition) is 2. The summed E-state index contributed by atoms with van der Waals surface area (Å²) in [5.41, 5.74) is 0.405. The van der Waals surface area contributed by atoms with E-state index in [-0.39, 0.29) is 0 Å². The molecule has 0 amide bonds. The molecule has 0 aromatic rings. The Balaban J connectivity index is 1.50. The van der Waals surface area contributed by atoms with Crippen LogP contribution in [0, 0.1) is 35.0 Å². The van der Waals surface area contributed by atoms with E-state index < -0.39 is 0 Å². The summed E-state index contributed by atoms with van der Waals surface area (Å²) in [6.45, 7) is 15.0. The van der Waals surface area contributed by atoms with Gasteiger partial charge in [-0.05, 0) is 106 Å². The summed E-state index contributed by atoms with van der Waals surface area (Å²) in [7, 11) is 0. The molecule has 0 spiro atoms. The highest BCUT2D eigenvalue weighted by Gasteiger charge is 2.41. The molecular formula is C27H51ClN2O. The molecule has 0 aromatic carbocycles. The van der Waals surface area contributed by atoms with Crippen LogP contribution in [-0.2, 0) is 0 Å². The second-order valence-corrected chi connectivity index (χ2v) is 13.1. The van der Waals surface area contributed by atoms with Gasteiger partial charge >= 0.3 is 0 Å². The Morgan fingerprint density at radius 3 is 2.39 bits per heavy atom. The molecule has 2 saturated carbocycles. The SMILES string of the molecule is CC(C)C[C@H](CN1CCC(C2CCC(Cl)CC2)C(C)(C)C1)NCC1CCCC(CO)C1. The van der Waals surface area contributed by atoms with Crippen molar-refractivity contribution in [3.63, 3.8) is 0 Å². The predicted octanol–water partition coefficient (Wildman–Crippen LogP) is 5.94. The molecule has 0 radical (unpaired) electrons. The average Bonchev–Trinajstić information content (AvgIpc) is 2.72. The normalized spacial score (nSPS) is 35.9. The lowest BCUT2D eigenvalue weighted by Crippen LogP contribution is -2.52. The van der Waals surface area contributed by atoms with E-state index in [2.05, 4.69) is 37.9 Å². The summed E-state index contributed by atoms with van der Waals surface area (Å²) in [5.74, 6) is 3.77. The number of nitrogens with zero attached hydrogens (tertiary/aromatic N) is 1. The number of piperidine rings is 1. The van der Waals surface area contributed by atoms with Crippen LogP contribution < -0.4 is 5.32 Å². The van der Waals surface area contributed by atoms with Gasteiger partial charge in [0.15, 0.2) is 0 Å². The highest BCUT2D eigenvalue weighted by atomic mass is 35.5. The molecule has 1 saturated heterocycles. The zero-order chi connectivity index (χ0) is 22.4. The molecule has 2 aliphatic carbocycles. The average molecular weight is 455 g/mol. The molecule has 31 heavy (non-hydrogen) atoms. The lowest BCUT2D eigenvalue weighted by atomic mass is 9.64. The second-order valence-electron chi connectivity index (χ2n) is 12.4. The molecule has 4 atom stereocenters. The molecule has 1 aliphatic heterocycles. The second kappa shape index (κ2) is 12.0. The summed E-state index contributed by atoms with van der Waals surface area (Å²) in [6, 6.07) is 0.591. The molecule has 3 rings (SSSR count). The van der Waals surface area contributed by atoms with Gasteiger partial charge < -0.3 is 15.3 Å². The standard InChI is InChI=1S/C27H51ClN2O/c1-20(2)14-25(29-16-21-6-5-7-22(15-21)18-31)17-30-13-12-26(27(3,4)19-30)23-8-10-24(28)11-9-23/h20-26,29,31H,5-19H2,1-4H3/t21?,22?,23?,24?,25-,26?/m1/s1. The molecule has 3 unspecified atom stereocenters. The predicted molar refractivity (Wildman–Crippen MR) is 134 cm³/mol. The van der Waals surface area contributed by atoms with Gasteiger partial charge in [0.1, 0.15) is 0 Å². The van der Waals surface area contributed by atoms with E-state index in [1.54, 1.807) is 0 Å². The zero-order valence-corrected chi connectivity index (χ0v) is 21.7. The van der Waals surface area contributed by atoms with E-state index in [9.17, 15) is 5.11 Å². The lowest BCUT2D eigenvalue weighted by Gasteiger charge is -2.49. The minimum atomic E-state index is 0.377. The van der Waals surface area contributed by atoms with Crippen LogP contribution in [0.4, 0.5) is 0 Å². The van der Waals surface area contributed by atoms with Crippen LogP contribution in [0.2, 0.25) is 0 Å². The Morgan fingerprint density at radius 2 is 1.74 bits per heavy atom. The van der Waals surface area contributed by atoms with Crippen LogP contribution in [0.15, 0.2) is 0 Å². The molecule has 182 valence electrons. The van der Waals surface area contributed by atoms with Crippen molar-refractivity contribution in [3.05, 3.63) is 0 Å². The van der Waals surface area contributed by atoms with Gasteiger partial charge in [-0.3, -0.25) is 0 Å². The van der Waals surface area contributed by atoms with Gasteiger partial charge in [0.25, 0.3) is 0 Å². The summed E-state index contributed by atoms with van der Waals surface area (Å²) in [6.07, 6.45) is 12.8. The van der Waals surface area contributed by atoms with Crippen LogP contribution in [0.3, 0.4) is 0 Å². The maximum Gasteiger partial charge on any atom is 0.0459 e. The fourth-order valence-corrected chi connectivity index (χ4v) is 7.44. The van der Waals surface area contributed by atoms with Gasteiger partial charge in [0.2, 0.25) is 0 Å². The first-order valence-corrected chi connectivity index (χ1v) is 13.9. The van der Waals surface area contributed by atoms with Crippen LogP contribution in [0.5, 0.6) is 0 Å². The fourth-order valence-electron chi connectivity index (χ4n) is 7.19. The fraction of sp³-hybridized carbons (Fsp3) is 1.00. The molecule has 3 nitrogen and oxygen atoms in total. The first-order valence-electron chi connectivity index (χ1n) is 13.5. The Labute approximate surface area is 198 Å². The molecule has 0 aromatic heterocycles. The van der Waals surface area contributed by atoms with Crippen molar-refractivity contribution in [2.24, 2.45) is 35.0 Å². The molecular weight excluding hydrogens is 404 g/mol. The molecule has 1 heterocycles. The Hall–Kier alpha value is 0.170. The third-order valence-corrected chi connectivity index (χ3v) is 9.18. The van der Waals surface area contributed by atoms with Crippen LogP contribution in [0.25, 0.3) is 0 Å². The van der Waals surface area contributed by atoms with Crippen LogP contribution >= 0.6 is 11.6 Å². The van der Waals surface area contributed by atoms with Gasteiger partial charge in [-0.2, -0.15) is 0 Å². The van der Waals surface area contributed by atoms with E-state index in [4.69, 9.17) is 11.6 Å². The molecule has 3 aliphatic rings. The smallest absolute Gasteiger partial charge is 0.0459 e. The third-order valence-electron chi connectivity index (χ3n) is 8.74. The largest absolute Gasteiger partial charge is 0.396 e. The van der Waals surface area contributed by atoms with E-state index in [0.29, 0.717) is 29.4 Å². The van der Waals surface area contributed by atoms with Gasteiger partial charge in [0, 0.05) is 31.1 Å². The summed E-state index contributed by atoms with van der Waals surface area (Å²) < 4.78 is 0. The van der Waals surface area contributed by atoms with Crippen molar-refractivity contribution in [1.29, 1.82) is 0 Å². The van der Waals surface area contributed by atoms with E-state index >= 15 is 0 Å². The van der Waals surface area contributed by atoms with E-state index in [1.165, 1.54) is 83.8 Å². The number of aliphatic hydroxyl groups excluding tert-OH is 1. The van der Waals surface area contributed by atoms with Gasteiger partial charge in [0.05, 0.1) is 0 Å². The molecule has 0 bridgehead atoms. The van der Waals surface area contributed by atoms with Crippen molar-refractivity contribution in [1.82, 2.24) is 10.2 Å². The number of halogens is 1. The van der Waals surface area contributed by atoms with Crippen molar-refractivity contribution in [2.75, 3.05) is 32.8 Å². The number of rotatable bonds is 9. The molecule has 4 heteroatoms. The van der Waals surface area contributed by atoms with Gasteiger partial charge in [-0.1, -0.05) is 34.1 Å². The van der Waals surface area contributed by atoms with E-state index in [0.717, 1.165) is 30.2 Å². The maximum atomic E-state index is 9.57. The summed E-state index contributed by atoms with van der Waals surface area (Å²) >= 11 is 6.39. The highest BCUT2D eigenvalue weighted by Crippen LogP contribution is 2.45. The van der Waals surface area contributed by atoms with Crippen LogP contribution in [0.1, 0.15) is 91.9 Å². The highest BCUT2D eigenvalue weighted by molar-refractivity contribution is 6.20. The Kier molecular flexibility index (Phi) is 10.0. The minimum absolute atomic E-state index is 0.377. The molecule has 3 fully saturated rings. The van der Waals surface area contributed by atoms with E-state index in [1.807, 2.05) is 0 Å². The third kappa shape index (κ3) is 7.87. The molecule has 2 N–H and O–H groups in total. The van der Waals surface area contributed by atoms with Gasteiger partial charge in [-0.25, -0.2) is 0 Å². The number of aliphatic hydroxyl groups is 1. The first-order chi connectivity index (χ1) is 14.8. The van der Waals surface area contributed by atoms with Crippen molar-refractivity contribution in [3.8, 4) is 0 Å². The maximum absolute atomic E-state index is 9.57. The number of alkyl halides is 1. The van der Waals surface area contributed by atoms with Crippen molar-refractivity contribution >= 4 is 11.6 Å². The van der Waals surface area contributed by atoms with Crippen molar-refractivity contribution < 1.29 is 5.11 Å². The summed E-state index contributed by atoms with van der Waals surface area (Å²) in [4.78, 5) is 2.77.